The maximum Gasteiger partial charge on any atom is 0.325 e. The van der Waals surface area contributed by atoms with Crippen LogP contribution < -0.4 is 10.6 Å². The first-order valence-corrected chi connectivity index (χ1v) is 4.47. The van der Waals surface area contributed by atoms with Crippen LogP contribution in [0, 0.1) is 0 Å². The number of carboxylic acids is 1. The van der Waals surface area contributed by atoms with Crippen molar-refractivity contribution in [1.82, 2.24) is 10.6 Å². The molecule has 0 aromatic rings. The van der Waals surface area contributed by atoms with E-state index in [0.29, 0.717) is 13.2 Å². The van der Waals surface area contributed by atoms with E-state index in [1.54, 1.807) is 0 Å². The Labute approximate surface area is 81.6 Å². The average Bonchev–Trinajstić information content (AvgIpc) is 2.56. The van der Waals surface area contributed by atoms with Gasteiger partial charge in [0.05, 0.1) is 12.6 Å². The van der Waals surface area contributed by atoms with Crippen molar-refractivity contribution in [2.24, 2.45) is 0 Å². The van der Waals surface area contributed by atoms with Crippen molar-refractivity contribution in [3.63, 3.8) is 0 Å². The minimum absolute atomic E-state index is 0.00371. The van der Waals surface area contributed by atoms with Gasteiger partial charge in [-0.1, -0.05) is 0 Å². The Morgan fingerprint density at radius 2 is 2.29 bits per heavy atom. The molecule has 1 saturated heterocycles. The Bertz CT molecular complexity index is 225. The highest BCUT2D eigenvalue weighted by atomic mass is 16.5. The molecule has 1 rings (SSSR count). The van der Waals surface area contributed by atoms with E-state index in [4.69, 9.17) is 9.84 Å². The number of hydrogen-bond acceptors (Lipinski definition) is 3. The Morgan fingerprint density at radius 1 is 1.57 bits per heavy atom. The number of carboxylic acid groups (broad SMARTS) is 1. The van der Waals surface area contributed by atoms with Gasteiger partial charge in [-0.3, -0.25) is 4.79 Å². The number of nitrogens with one attached hydrogen (secondary N) is 2. The maximum absolute atomic E-state index is 11.2. The fourth-order valence-corrected chi connectivity index (χ4v) is 1.13. The molecule has 0 saturated carbocycles. The topological polar surface area (TPSA) is 87.7 Å². The number of ether oxygens (including phenoxy) is 1. The van der Waals surface area contributed by atoms with Crippen LogP contribution in [0.5, 0.6) is 0 Å². The number of rotatable bonds is 3. The fourth-order valence-electron chi connectivity index (χ4n) is 1.13. The first-order valence-electron chi connectivity index (χ1n) is 4.47. The van der Waals surface area contributed by atoms with Gasteiger partial charge in [-0.2, -0.15) is 0 Å². The lowest BCUT2D eigenvalue weighted by molar-refractivity contribution is -0.138. The third kappa shape index (κ3) is 3.21. The van der Waals surface area contributed by atoms with E-state index < -0.39 is 18.0 Å². The van der Waals surface area contributed by atoms with Crippen molar-refractivity contribution in [1.29, 1.82) is 0 Å². The van der Waals surface area contributed by atoms with Gasteiger partial charge in [0.1, 0.15) is 6.04 Å². The number of amides is 2. The molecule has 6 nitrogen and oxygen atoms in total. The predicted octanol–water partition coefficient (Wildman–Crippen LogP) is -0.452. The number of aliphatic carboxylic acids is 1. The molecule has 14 heavy (non-hydrogen) atoms. The second-order valence-corrected chi connectivity index (χ2v) is 3.24. The fraction of sp³-hybridized carbons (Fsp3) is 0.750. The van der Waals surface area contributed by atoms with Crippen LogP contribution in [0.2, 0.25) is 0 Å². The summed E-state index contributed by atoms with van der Waals surface area (Å²) in [5, 5.41) is 13.5. The summed E-state index contributed by atoms with van der Waals surface area (Å²) in [6.07, 6.45) is 0.773. The molecule has 0 spiro atoms. The monoisotopic (exact) mass is 202 g/mol. The first kappa shape index (κ1) is 10.8. The highest BCUT2D eigenvalue weighted by Gasteiger charge is 2.19. The second kappa shape index (κ2) is 4.80. The molecule has 1 fully saturated rings. The van der Waals surface area contributed by atoms with Crippen LogP contribution in [-0.2, 0) is 9.53 Å². The third-order valence-electron chi connectivity index (χ3n) is 1.98. The predicted molar refractivity (Wildman–Crippen MR) is 48.0 cm³/mol. The lowest BCUT2D eigenvalue weighted by Crippen LogP contribution is -2.48. The van der Waals surface area contributed by atoms with Crippen LogP contribution in [0.25, 0.3) is 0 Å². The lowest BCUT2D eigenvalue weighted by Gasteiger charge is -2.13. The average molecular weight is 202 g/mol. The molecular weight excluding hydrogens is 188 g/mol. The molecule has 2 atom stereocenters. The summed E-state index contributed by atoms with van der Waals surface area (Å²) < 4.78 is 5.05. The summed E-state index contributed by atoms with van der Waals surface area (Å²) >= 11 is 0. The quantitative estimate of drug-likeness (QED) is 0.578. The van der Waals surface area contributed by atoms with Crippen LogP contribution in [-0.4, -0.2) is 42.4 Å². The van der Waals surface area contributed by atoms with E-state index >= 15 is 0 Å². The Hall–Kier alpha value is -1.30. The summed E-state index contributed by atoms with van der Waals surface area (Å²) in [6.45, 7) is 2.54. The van der Waals surface area contributed by atoms with Gasteiger partial charge in [-0.15, -0.1) is 0 Å². The highest BCUT2D eigenvalue weighted by Crippen LogP contribution is 2.02. The highest BCUT2D eigenvalue weighted by molar-refractivity contribution is 5.82. The van der Waals surface area contributed by atoms with Crippen molar-refractivity contribution in [2.45, 2.75) is 25.4 Å². The zero-order chi connectivity index (χ0) is 10.6. The summed E-state index contributed by atoms with van der Waals surface area (Å²) in [5.41, 5.74) is 0. The van der Waals surface area contributed by atoms with E-state index in [0.717, 1.165) is 6.42 Å². The SMILES string of the molecule is C[C@H](NC(=O)NC1CCOC1)C(=O)O. The van der Waals surface area contributed by atoms with Crippen LogP contribution >= 0.6 is 0 Å². The molecule has 0 bridgehead atoms. The van der Waals surface area contributed by atoms with Gasteiger partial charge in [0.15, 0.2) is 0 Å². The standard InChI is InChI=1S/C8H14N2O4/c1-5(7(11)12)9-8(13)10-6-2-3-14-4-6/h5-6H,2-4H2,1H3,(H,11,12)(H2,9,10,13)/t5-,6?/m0/s1. The van der Waals surface area contributed by atoms with E-state index in [-0.39, 0.29) is 6.04 Å². The summed E-state index contributed by atoms with van der Waals surface area (Å²) in [5.74, 6) is -1.05. The minimum Gasteiger partial charge on any atom is -0.480 e. The zero-order valence-electron chi connectivity index (χ0n) is 7.95. The molecule has 80 valence electrons. The smallest absolute Gasteiger partial charge is 0.325 e. The molecule has 0 aliphatic carbocycles. The normalized spacial score (nSPS) is 22.8. The van der Waals surface area contributed by atoms with Crippen LogP contribution in [0.3, 0.4) is 0 Å². The Kier molecular flexibility index (Phi) is 3.70. The van der Waals surface area contributed by atoms with Crippen molar-refractivity contribution in [3.05, 3.63) is 0 Å². The van der Waals surface area contributed by atoms with Gasteiger partial charge in [0.25, 0.3) is 0 Å². The molecule has 6 heteroatoms. The van der Waals surface area contributed by atoms with E-state index in [1.807, 2.05) is 0 Å². The molecule has 2 amide bonds. The van der Waals surface area contributed by atoms with Crippen molar-refractivity contribution >= 4 is 12.0 Å². The van der Waals surface area contributed by atoms with Gasteiger partial charge >= 0.3 is 12.0 Å². The zero-order valence-corrected chi connectivity index (χ0v) is 7.95. The van der Waals surface area contributed by atoms with Crippen LogP contribution in [0.1, 0.15) is 13.3 Å². The molecule has 0 radical (unpaired) electrons. The first-order chi connectivity index (χ1) is 6.59. The van der Waals surface area contributed by atoms with E-state index in [2.05, 4.69) is 10.6 Å². The van der Waals surface area contributed by atoms with Crippen molar-refractivity contribution < 1.29 is 19.4 Å². The molecule has 0 aromatic heterocycles. The van der Waals surface area contributed by atoms with Crippen LogP contribution in [0.4, 0.5) is 4.79 Å². The molecule has 1 aliphatic rings. The van der Waals surface area contributed by atoms with Crippen LogP contribution in [0.15, 0.2) is 0 Å². The third-order valence-corrected chi connectivity index (χ3v) is 1.98. The largest absolute Gasteiger partial charge is 0.480 e. The second-order valence-electron chi connectivity index (χ2n) is 3.24. The van der Waals surface area contributed by atoms with Gasteiger partial charge < -0.3 is 20.5 Å². The van der Waals surface area contributed by atoms with Crippen molar-refractivity contribution in [3.8, 4) is 0 Å². The van der Waals surface area contributed by atoms with Gasteiger partial charge in [0, 0.05) is 6.61 Å². The Morgan fingerprint density at radius 3 is 2.79 bits per heavy atom. The molecule has 1 unspecified atom stereocenters. The summed E-state index contributed by atoms with van der Waals surface area (Å²) in [6, 6.07) is -1.34. The lowest BCUT2D eigenvalue weighted by atomic mass is 10.3. The number of urea groups is 1. The summed E-state index contributed by atoms with van der Waals surface area (Å²) in [4.78, 5) is 21.6. The molecular formula is C8H14N2O4. The van der Waals surface area contributed by atoms with Gasteiger partial charge in [-0.25, -0.2) is 4.79 Å². The number of carbonyl (C=O) groups excluding carboxylic acids is 1. The molecule has 1 aliphatic heterocycles. The Balaban J connectivity index is 2.24. The number of carbonyl (C=O) groups is 2. The van der Waals surface area contributed by atoms with Gasteiger partial charge in [-0.05, 0) is 13.3 Å². The van der Waals surface area contributed by atoms with E-state index in [1.165, 1.54) is 6.92 Å². The molecule has 0 aromatic carbocycles. The molecule has 1 heterocycles. The van der Waals surface area contributed by atoms with Gasteiger partial charge in [0.2, 0.25) is 0 Å². The summed E-state index contributed by atoms with van der Waals surface area (Å²) in [7, 11) is 0. The minimum atomic E-state index is -1.05. The number of hydrogen-bond donors (Lipinski definition) is 3. The maximum atomic E-state index is 11.2. The van der Waals surface area contributed by atoms with E-state index in [9.17, 15) is 9.59 Å². The molecule has 3 N–H and O–H groups in total. The van der Waals surface area contributed by atoms with Crippen molar-refractivity contribution in [2.75, 3.05) is 13.2 Å².